The van der Waals surface area contributed by atoms with Crippen molar-refractivity contribution in [1.82, 2.24) is 0 Å². The lowest BCUT2D eigenvalue weighted by Crippen LogP contribution is -2.06. The van der Waals surface area contributed by atoms with E-state index in [2.05, 4.69) is 0 Å². The predicted molar refractivity (Wildman–Crippen MR) is 76.9 cm³/mol. The topological polar surface area (TPSA) is 52.3 Å². The molecule has 0 saturated carbocycles. The summed E-state index contributed by atoms with van der Waals surface area (Å²) in [6.07, 6.45) is 0. The second-order valence-electron chi connectivity index (χ2n) is 4.03. The SMILES string of the molecule is CCOc1ccccc1C(=O)c1cc(N)cc(Cl)c1. The molecule has 0 heterocycles. The first-order valence-electron chi connectivity index (χ1n) is 5.94. The molecule has 0 atom stereocenters. The van der Waals surface area contributed by atoms with E-state index in [4.69, 9.17) is 22.1 Å². The highest BCUT2D eigenvalue weighted by Crippen LogP contribution is 2.24. The summed E-state index contributed by atoms with van der Waals surface area (Å²) in [4.78, 5) is 12.5. The van der Waals surface area contributed by atoms with Gasteiger partial charge in [0.05, 0.1) is 12.2 Å². The molecule has 0 radical (unpaired) electrons. The lowest BCUT2D eigenvalue weighted by atomic mass is 10.0. The molecule has 0 spiro atoms. The first-order chi connectivity index (χ1) is 9.11. The second-order valence-corrected chi connectivity index (χ2v) is 4.47. The molecule has 2 aromatic carbocycles. The number of hydrogen-bond donors (Lipinski definition) is 1. The van der Waals surface area contributed by atoms with E-state index in [-0.39, 0.29) is 5.78 Å². The minimum atomic E-state index is -0.154. The highest BCUT2D eigenvalue weighted by Gasteiger charge is 2.15. The van der Waals surface area contributed by atoms with Crippen molar-refractivity contribution in [1.29, 1.82) is 0 Å². The summed E-state index contributed by atoms with van der Waals surface area (Å²) in [5, 5.41) is 0.442. The Morgan fingerprint density at radius 3 is 2.68 bits per heavy atom. The molecular weight excluding hydrogens is 262 g/mol. The summed E-state index contributed by atoms with van der Waals surface area (Å²) < 4.78 is 5.46. The Labute approximate surface area is 117 Å². The minimum Gasteiger partial charge on any atom is -0.493 e. The Hall–Kier alpha value is -2.00. The summed E-state index contributed by atoms with van der Waals surface area (Å²) >= 11 is 5.92. The van der Waals surface area contributed by atoms with Gasteiger partial charge in [-0.2, -0.15) is 0 Å². The number of nitrogen functional groups attached to an aromatic ring is 1. The van der Waals surface area contributed by atoms with Crippen LogP contribution in [0.3, 0.4) is 0 Å². The van der Waals surface area contributed by atoms with E-state index in [9.17, 15) is 4.79 Å². The van der Waals surface area contributed by atoms with Crippen molar-refractivity contribution < 1.29 is 9.53 Å². The number of carbonyl (C=O) groups excluding carboxylic acids is 1. The molecule has 0 aliphatic heterocycles. The van der Waals surface area contributed by atoms with Crippen molar-refractivity contribution >= 4 is 23.1 Å². The summed E-state index contributed by atoms with van der Waals surface area (Å²) in [5.41, 5.74) is 7.13. The van der Waals surface area contributed by atoms with Gasteiger partial charge in [0, 0.05) is 16.3 Å². The van der Waals surface area contributed by atoms with Gasteiger partial charge in [0.2, 0.25) is 0 Å². The van der Waals surface area contributed by atoms with Crippen LogP contribution in [0.5, 0.6) is 5.75 Å². The zero-order chi connectivity index (χ0) is 13.8. The molecule has 0 bridgehead atoms. The first kappa shape index (κ1) is 13.4. The van der Waals surface area contributed by atoms with E-state index in [1.807, 2.05) is 13.0 Å². The molecule has 0 aliphatic rings. The lowest BCUT2D eigenvalue weighted by Gasteiger charge is -2.09. The van der Waals surface area contributed by atoms with E-state index >= 15 is 0 Å². The monoisotopic (exact) mass is 275 g/mol. The Bertz CT molecular complexity index is 591. The number of anilines is 1. The van der Waals surface area contributed by atoms with Gasteiger partial charge in [0.25, 0.3) is 0 Å². The molecule has 0 fully saturated rings. The quantitative estimate of drug-likeness (QED) is 0.686. The van der Waals surface area contributed by atoms with Gasteiger partial charge < -0.3 is 10.5 Å². The number of carbonyl (C=O) groups is 1. The third-order valence-corrected chi connectivity index (χ3v) is 2.83. The standard InChI is InChI=1S/C15H14ClNO2/c1-2-19-14-6-4-3-5-13(14)15(18)10-7-11(16)9-12(17)8-10/h3-9H,2,17H2,1H3. The Morgan fingerprint density at radius 1 is 1.26 bits per heavy atom. The number of benzene rings is 2. The fourth-order valence-corrected chi connectivity index (χ4v) is 2.08. The van der Waals surface area contributed by atoms with E-state index in [1.54, 1.807) is 36.4 Å². The maximum Gasteiger partial charge on any atom is 0.196 e. The lowest BCUT2D eigenvalue weighted by molar-refractivity contribution is 0.103. The van der Waals surface area contributed by atoms with Gasteiger partial charge in [-0.15, -0.1) is 0 Å². The van der Waals surface area contributed by atoms with Gasteiger partial charge in [-0.25, -0.2) is 0 Å². The van der Waals surface area contributed by atoms with E-state index < -0.39 is 0 Å². The summed E-state index contributed by atoms with van der Waals surface area (Å²) in [6, 6.07) is 11.9. The molecule has 98 valence electrons. The fourth-order valence-electron chi connectivity index (χ4n) is 1.83. The normalized spacial score (nSPS) is 10.2. The molecule has 0 unspecified atom stereocenters. The van der Waals surface area contributed by atoms with Crippen molar-refractivity contribution in [3.8, 4) is 5.75 Å². The van der Waals surface area contributed by atoms with Crippen molar-refractivity contribution in [3.63, 3.8) is 0 Å². The zero-order valence-corrected chi connectivity index (χ0v) is 11.3. The summed E-state index contributed by atoms with van der Waals surface area (Å²) in [5.74, 6) is 0.409. The number of ketones is 1. The van der Waals surface area contributed by atoms with Gasteiger partial charge in [-0.05, 0) is 37.3 Å². The van der Waals surface area contributed by atoms with Crippen LogP contribution in [-0.2, 0) is 0 Å². The largest absolute Gasteiger partial charge is 0.493 e. The van der Waals surface area contributed by atoms with Crippen LogP contribution in [0, 0.1) is 0 Å². The smallest absolute Gasteiger partial charge is 0.196 e. The second kappa shape index (κ2) is 5.76. The highest BCUT2D eigenvalue weighted by atomic mass is 35.5. The predicted octanol–water partition coefficient (Wildman–Crippen LogP) is 3.55. The molecule has 0 aromatic heterocycles. The number of nitrogens with two attached hydrogens (primary N) is 1. The van der Waals surface area contributed by atoms with Gasteiger partial charge in [0.15, 0.2) is 5.78 Å². The van der Waals surface area contributed by atoms with Gasteiger partial charge in [-0.3, -0.25) is 4.79 Å². The van der Waals surface area contributed by atoms with Crippen molar-refractivity contribution in [2.45, 2.75) is 6.92 Å². The van der Waals surface area contributed by atoms with E-state index in [0.717, 1.165) is 0 Å². The van der Waals surface area contributed by atoms with Gasteiger partial charge >= 0.3 is 0 Å². The average Bonchev–Trinajstić information content (AvgIpc) is 2.38. The van der Waals surface area contributed by atoms with Crippen LogP contribution in [0.4, 0.5) is 5.69 Å². The minimum absolute atomic E-state index is 0.154. The van der Waals surface area contributed by atoms with Crippen LogP contribution in [-0.4, -0.2) is 12.4 Å². The molecule has 4 heteroatoms. The fraction of sp³-hybridized carbons (Fsp3) is 0.133. The number of ether oxygens (including phenoxy) is 1. The maximum absolute atomic E-state index is 12.5. The van der Waals surface area contributed by atoms with Gasteiger partial charge in [0.1, 0.15) is 5.75 Å². The van der Waals surface area contributed by atoms with Crippen LogP contribution >= 0.6 is 11.6 Å². The zero-order valence-electron chi connectivity index (χ0n) is 10.5. The highest BCUT2D eigenvalue weighted by molar-refractivity contribution is 6.31. The van der Waals surface area contributed by atoms with Crippen LogP contribution < -0.4 is 10.5 Å². The van der Waals surface area contributed by atoms with Crippen LogP contribution in [0.15, 0.2) is 42.5 Å². The average molecular weight is 276 g/mol. The molecule has 2 aromatic rings. The number of halogens is 1. The van der Waals surface area contributed by atoms with Gasteiger partial charge in [-0.1, -0.05) is 23.7 Å². The molecule has 0 amide bonds. The molecule has 0 aliphatic carbocycles. The van der Waals surface area contributed by atoms with Crippen LogP contribution in [0.25, 0.3) is 0 Å². The molecule has 3 nitrogen and oxygen atoms in total. The third-order valence-electron chi connectivity index (χ3n) is 2.61. The molecule has 19 heavy (non-hydrogen) atoms. The van der Waals surface area contributed by atoms with Crippen molar-refractivity contribution in [2.24, 2.45) is 0 Å². The number of para-hydroxylation sites is 1. The molecule has 2 N–H and O–H groups in total. The molecule has 0 saturated heterocycles. The van der Waals surface area contributed by atoms with Crippen LogP contribution in [0.2, 0.25) is 5.02 Å². The number of rotatable bonds is 4. The van der Waals surface area contributed by atoms with E-state index in [1.165, 1.54) is 0 Å². The number of hydrogen-bond acceptors (Lipinski definition) is 3. The molecule has 2 rings (SSSR count). The maximum atomic E-state index is 12.5. The first-order valence-corrected chi connectivity index (χ1v) is 6.32. The Morgan fingerprint density at radius 2 is 2.00 bits per heavy atom. The Balaban J connectivity index is 2.44. The molecular formula is C15H14ClNO2. The Kier molecular flexibility index (Phi) is 4.07. The third kappa shape index (κ3) is 3.06. The van der Waals surface area contributed by atoms with Crippen molar-refractivity contribution in [2.75, 3.05) is 12.3 Å². The summed E-state index contributed by atoms with van der Waals surface area (Å²) in [7, 11) is 0. The van der Waals surface area contributed by atoms with Crippen molar-refractivity contribution in [3.05, 3.63) is 58.6 Å². The van der Waals surface area contributed by atoms with Crippen LogP contribution in [0.1, 0.15) is 22.8 Å². The summed E-state index contributed by atoms with van der Waals surface area (Å²) in [6.45, 7) is 2.38. The van der Waals surface area contributed by atoms with E-state index in [0.29, 0.717) is 34.2 Å².